The summed E-state index contributed by atoms with van der Waals surface area (Å²) in [5.41, 5.74) is 7.99. The number of nitrogens with two attached hydrogens (primary N) is 1. The van der Waals surface area contributed by atoms with Crippen LogP contribution in [0, 0.1) is 12.7 Å². The van der Waals surface area contributed by atoms with Gasteiger partial charge in [0, 0.05) is 17.3 Å². The van der Waals surface area contributed by atoms with E-state index < -0.39 is 0 Å². The summed E-state index contributed by atoms with van der Waals surface area (Å²) in [5, 5.41) is 0.838. The van der Waals surface area contributed by atoms with Crippen molar-refractivity contribution in [3.63, 3.8) is 0 Å². The van der Waals surface area contributed by atoms with Gasteiger partial charge in [0.2, 0.25) is 0 Å². The van der Waals surface area contributed by atoms with E-state index in [1.807, 2.05) is 12.1 Å². The lowest BCUT2D eigenvalue weighted by molar-refractivity contribution is 0.481. The van der Waals surface area contributed by atoms with E-state index in [4.69, 9.17) is 10.5 Å². The second kappa shape index (κ2) is 4.81. The summed E-state index contributed by atoms with van der Waals surface area (Å²) in [7, 11) is 0. The van der Waals surface area contributed by atoms with Crippen molar-refractivity contribution in [2.75, 3.05) is 5.73 Å². The SMILES string of the molecule is Cc1cc(F)ccc1Oc1ccc(N)c2cccnc12. The van der Waals surface area contributed by atoms with E-state index in [-0.39, 0.29) is 5.82 Å². The Morgan fingerprint density at radius 1 is 1.10 bits per heavy atom. The standard InChI is InChI=1S/C16H13FN2O/c1-10-9-11(17)4-6-14(10)20-15-7-5-13(18)12-3-2-8-19-16(12)15/h2-9H,18H2,1H3. The summed E-state index contributed by atoms with van der Waals surface area (Å²) in [5.74, 6) is 0.919. The van der Waals surface area contributed by atoms with Gasteiger partial charge in [-0.15, -0.1) is 0 Å². The number of hydrogen-bond donors (Lipinski definition) is 1. The fourth-order valence-electron chi connectivity index (χ4n) is 2.10. The van der Waals surface area contributed by atoms with Gasteiger partial charge in [-0.1, -0.05) is 0 Å². The maximum Gasteiger partial charge on any atom is 0.153 e. The first kappa shape index (κ1) is 12.4. The summed E-state index contributed by atoms with van der Waals surface area (Å²) in [4.78, 5) is 4.31. The van der Waals surface area contributed by atoms with Gasteiger partial charge < -0.3 is 10.5 Å². The first-order valence-electron chi connectivity index (χ1n) is 6.22. The predicted octanol–water partition coefficient (Wildman–Crippen LogP) is 4.06. The lowest BCUT2D eigenvalue weighted by Gasteiger charge is -2.11. The van der Waals surface area contributed by atoms with Crippen LogP contribution >= 0.6 is 0 Å². The van der Waals surface area contributed by atoms with Crippen LogP contribution in [0.3, 0.4) is 0 Å². The molecule has 0 saturated carbocycles. The zero-order chi connectivity index (χ0) is 14.1. The summed E-state index contributed by atoms with van der Waals surface area (Å²) in [6.07, 6.45) is 1.69. The average Bonchev–Trinajstić information content (AvgIpc) is 2.45. The third-order valence-corrected chi connectivity index (χ3v) is 3.12. The van der Waals surface area contributed by atoms with Crippen LogP contribution in [0.5, 0.6) is 11.5 Å². The molecule has 4 heteroatoms. The molecule has 2 aromatic carbocycles. The van der Waals surface area contributed by atoms with Crippen molar-refractivity contribution < 1.29 is 9.13 Å². The number of nitrogen functional groups attached to an aromatic ring is 1. The monoisotopic (exact) mass is 268 g/mol. The number of hydrogen-bond acceptors (Lipinski definition) is 3. The highest BCUT2D eigenvalue weighted by molar-refractivity contribution is 5.94. The Hall–Kier alpha value is -2.62. The van der Waals surface area contributed by atoms with Gasteiger partial charge in [0.25, 0.3) is 0 Å². The van der Waals surface area contributed by atoms with Gasteiger partial charge in [-0.2, -0.15) is 0 Å². The van der Waals surface area contributed by atoms with Gasteiger partial charge in [0.15, 0.2) is 5.75 Å². The molecule has 2 N–H and O–H groups in total. The van der Waals surface area contributed by atoms with Crippen LogP contribution < -0.4 is 10.5 Å². The minimum Gasteiger partial charge on any atom is -0.455 e. The molecule has 0 amide bonds. The Labute approximate surface area is 115 Å². The van der Waals surface area contributed by atoms with Crippen molar-refractivity contribution in [2.24, 2.45) is 0 Å². The fraction of sp³-hybridized carbons (Fsp3) is 0.0625. The van der Waals surface area contributed by atoms with E-state index in [9.17, 15) is 4.39 Å². The van der Waals surface area contributed by atoms with Crippen LogP contribution in [-0.4, -0.2) is 4.98 Å². The maximum atomic E-state index is 13.1. The molecule has 0 aliphatic heterocycles. The smallest absolute Gasteiger partial charge is 0.153 e. The van der Waals surface area contributed by atoms with E-state index in [0.717, 1.165) is 10.9 Å². The number of benzene rings is 2. The van der Waals surface area contributed by atoms with Crippen LogP contribution in [0.2, 0.25) is 0 Å². The topological polar surface area (TPSA) is 48.1 Å². The van der Waals surface area contributed by atoms with Crippen LogP contribution in [0.1, 0.15) is 5.56 Å². The van der Waals surface area contributed by atoms with Crippen LogP contribution in [0.4, 0.5) is 10.1 Å². The Morgan fingerprint density at radius 2 is 1.90 bits per heavy atom. The molecule has 0 atom stereocenters. The average molecular weight is 268 g/mol. The number of nitrogens with zero attached hydrogens (tertiary/aromatic N) is 1. The highest BCUT2D eigenvalue weighted by Crippen LogP contribution is 2.32. The van der Waals surface area contributed by atoms with Crippen molar-refractivity contribution in [1.29, 1.82) is 0 Å². The molecule has 0 aliphatic carbocycles. The molecule has 100 valence electrons. The Kier molecular flexibility index (Phi) is 2.99. The van der Waals surface area contributed by atoms with Gasteiger partial charge in [0.05, 0.1) is 0 Å². The van der Waals surface area contributed by atoms with E-state index in [2.05, 4.69) is 4.98 Å². The molecule has 3 nitrogen and oxygen atoms in total. The normalized spacial score (nSPS) is 10.7. The lowest BCUT2D eigenvalue weighted by atomic mass is 10.1. The molecular weight excluding hydrogens is 255 g/mol. The molecule has 20 heavy (non-hydrogen) atoms. The molecule has 0 aliphatic rings. The third-order valence-electron chi connectivity index (χ3n) is 3.12. The molecule has 0 spiro atoms. The predicted molar refractivity (Wildman–Crippen MR) is 77.4 cm³/mol. The van der Waals surface area contributed by atoms with Gasteiger partial charge >= 0.3 is 0 Å². The van der Waals surface area contributed by atoms with E-state index in [1.165, 1.54) is 12.1 Å². The Bertz CT molecular complexity index is 787. The van der Waals surface area contributed by atoms with Crippen molar-refractivity contribution in [2.45, 2.75) is 6.92 Å². The molecular formula is C16H13FN2O. The summed E-state index contributed by atoms with van der Waals surface area (Å²) in [6, 6.07) is 11.7. The number of rotatable bonds is 2. The Morgan fingerprint density at radius 3 is 2.70 bits per heavy atom. The highest BCUT2D eigenvalue weighted by atomic mass is 19.1. The van der Waals surface area contributed by atoms with Crippen LogP contribution in [-0.2, 0) is 0 Å². The minimum atomic E-state index is -0.282. The quantitative estimate of drug-likeness (QED) is 0.713. The van der Waals surface area contributed by atoms with Gasteiger partial charge in [-0.25, -0.2) is 4.39 Å². The fourth-order valence-corrected chi connectivity index (χ4v) is 2.10. The molecule has 0 fully saturated rings. The van der Waals surface area contributed by atoms with Gasteiger partial charge in [0.1, 0.15) is 17.1 Å². The molecule has 1 aromatic heterocycles. The molecule has 0 bridgehead atoms. The first-order valence-corrected chi connectivity index (χ1v) is 6.22. The number of halogens is 1. The number of anilines is 1. The molecule has 1 heterocycles. The number of pyridine rings is 1. The Balaban J connectivity index is 2.09. The molecule has 0 unspecified atom stereocenters. The van der Waals surface area contributed by atoms with Crippen molar-refractivity contribution in [1.82, 2.24) is 4.98 Å². The molecule has 0 radical (unpaired) electrons. The third kappa shape index (κ3) is 2.16. The van der Waals surface area contributed by atoms with E-state index in [1.54, 1.807) is 31.3 Å². The highest BCUT2D eigenvalue weighted by Gasteiger charge is 2.09. The summed E-state index contributed by atoms with van der Waals surface area (Å²) >= 11 is 0. The van der Waals surface area contributed by atoms with Crippen molar-refractivity contribution >= 4 is 16.6 Å². The maximum absolute atomic E-state index is 13.1. The minimum absolute atomic E-state index is 0.282. The summed E-state index contributed by atoms with van der Waals surface area (Å²) < 4.78 is 19.0. The number of aromatic nitrogens is 1. The van der Waals surface area contributed by atoms with Gasteiger partial charge in [-0.05, 0) is 55.0 Å². The second-order valence-corrected chi connectivity index (χ2v) is 4.56. The van der Waals surface area contributed by atoms with Crippen LogP contribution in [0.15, 0.2) is 48.7 Å². The van der Waals surface area contributed by atoms with Crippen molar-refractivity contribution in [3.8, 4) is 11.5 Å². The number of aryl methyl sites for hydroxylation is 1. The van der Waals surface area contributed by atoms with E-state index in [0.29, 0.717) is 22.7 Å². The van der Waals surface area contributed by atoms with E-state index >= 15 is 0 Å². The zero-order valence-corrected chi connectivity index (χ0v) is 10.9. The molecule has 3 aromatic rings. The van der Waals surface area contributed by atoms with Gasteiger partial charge in [-0.3, -0.25) is 4.98 Å². The largest absolute Gasteiger partial charge is 0.455 e. The lowest BCUT2D eigenvalue weighted by Crippen LogP contribution is -1.93. The first-order chi connectivity index (χ1) is 9.65. The number of fused-ring (bicyclic) bond motifs is 1. The number of ether oxygens (including phenoxy) is 1. The summed E-state index contributed by atoms with van der Waals surface area (Å²) in [6.45, 7) is 1.80. The van der Waals surface area contributed by atoms with Crippen LogP contribution in [0.25, 0.3) is 10.9 Å². The zero-order valence-electron chi connectivity index (χ0n) is 10.9. The molecule has 0 saturated heterocycles. The van der Waals surface area contributed by atoms with Crippen molar-refractivity contribution in [3.05, 3.63) is 60.0 Å². The second-order valence-electron chi connectivity index (χ2n) is 4.56. The molecule has 3 rings (SSSR count).